The second-order valence-corrected chi connectivity index (χ2v) is 3.46. The molecule has 2 aromatic heterocycles. The van der Waals surface area contributed by atoms with Crippen molar-refractivity contribution >= 4 is 17.5 Å². The lowest BCUT2D eigenvalue weighted by atomic mass is 10.2. The van der Waals surface area contributed by atoms with Crippen molar-refractivity contribution in [2.75, 3.05) is 0 Å². The van der Waals surface area contributed by atoms with E-state index in [9.17, 15) is 4.79 Å². The van der Waals surface area contributed by atoms with Gasteiger partial charge in [-0.3, -0.25) is 9.89 Å². The Hall–Kier alpha value is -1.88. The fourth-order valence-corrected chi connectivity index (χ4v) is 1.41. The first-order valence-corrected chi connectivity index (χ1v) is 5.02. The summed E-state index contributed by atoms with van der Waals surface area (Å²) in [7, 11) is 0. The molecule has 2 N–H and O–H groups in total. The van der Waals surface area contributed by atoms with Gasteiger partial charge < -0.3 is 5.32 Å². The zero-order valence-corrected chi connectivity index (χ0v) is 9.03. The van der Waals surface area contributed by atoms with Crippen molar-refractivity contribution in [3.05, 3.63) is 47.0 Å². The molecular formula is C10H9ClN4O. The van der Waals surface area contributed by atoms with Crippen LogP contribution in [-0.2, 0) is 6.54 Å². The summed E-state index contributed by atoms with van der Waals surface area (Å²) in [6, 6.07) is 5.07. The molecule has 0 radical (unpaired) electrons. The van der Waals surface area contributed by atoms with E-state index >= 15 is 0 Å². The van der Waals surface area contributed by atoms with Crippen molar-refractivity contribution in [2.45, 2.75) is 6.54 Å². The van der Waals surface area contributed by atoms with Crippen LogP contribution in [0.1, 0.15) is 16.1 Å². The predicted molar refractivity (Wildman–Crippen MR) is 59.0 cm³/mol. The van der Waals surface area contributed by atoms with Crippen LogP contribution in [0, 0.1) is 0 Å². The summed E-state index contributed by atoms with van der Waals surface area (Å²) in [5, 5.41) is 9.43. The number of carbonyl (C=O) groups excluding carboxylic acids is 1. The van der Waals surface area contributed by atoms with Crippen LogP contribution in [0.3, 0.4) is 0 Å². The average molecular weight is 237 g/mol. The van der Waals surface area contributed by atoms with Crippen LogP contribution in [-0.4, -0.2) is 21.1 Å². The van der Waals surface area contributed by atoms with Crippen molar-refractivity contribution in [1.82, 2.24) is 20.5 Å². The molecule has 1 amide bonds. The summed E-state index contributed by atoms with van der Waals surface area (Å²) < 4.78 is 0. The number of aromatic nitrogens is 3. The number of halogens is 1. The molecule has 0 saturated heterocycles. The van der Waals surface area contributed by atoms with E-state index in [1.807, 2.05) is 0 Å². The number of H-pyrrole nitrogens is 1. The first kappa shape index (κ1) is 10.6. The molecule has 82 valence electrons. The quantitative estimate of drug-likeness (QED) is 0.791. The first-order chi connectivity index (χ1) is 7.77. The summed E-state index contributed by atoms with van der Waals surface area (Å²) in [5.74, 6) is -0.257. The zero-order valence-electron chi connectivity index (χ0n) is 8.27. The molecule has 16 heavy (non-hydrogen) atoms. The van der Waals surface area contributed by atoms with Gasteiger partial charge in [-0.05, 0) is 18.2 Å². The molecule has 0 saturated carbocycles. The topological polar surface area (TPSA) is 70.7 Å². The Labute approximate surface area is 96.8 Å². The average Bonchev–Trinajstić information content (AvgIpc) is 2.79. The van der Waals surface area contributed by atoms with Crippen molar-refractivity contribution in [1.29, 1.82) is 0 Å². The van der Waals surface area contributed by atoms with Crippen molar-refractivity contribution < 1.29 is 4.79 Å². The van der Waals surface area contributed by atoms with Gasteiger partial charge in [0.1, 0.15) is 5.15 Å². The number of carbonyl (C=O) groups is 1. The number of hydrogen-bond acceptors (Lipinski definition) is 3. The molecule has 2 heterocycles. The molecule has 5 nitrogen and oxygen atoms in total. The van der Waals surface area contributed by atoms with Crippen LogP contribution < -0.4 is 5.32 Å². The molecule has 6 heteroatoms. The third-order valence-corrected chi connectivity index (χ3v) is 2.30. The Morgan fingerprint density at radius 1 is 1.44 bits per heavy atom. The molecule has 0 aliphatic carbocycles. The Morgan fingerprint density at radius 3 is 3.00 bits per heavy atom. The standard InChI is InChI=1S/C10H9ClN4O/c11-9-8(2-1-4-12-9)10(16)13-6-7-3-5-14-15-7/h1-5H,6H2,(H,13,16)(H,14,15). The highest BCUT2D eigenvalue weighted by Gasteiger charge is 2.09. The van der Waals surface area contributed by atoms with E-state index in [2.05, 4.69) is 20.5 Å². The lowest BCUT2D eigenvalue weighted by Crippen LogP contribution is -2.23. The maximum absolute atomic E-state index is 11.7. The summed E-state index contributed by atoms with van der Waals surface area (Å²) in [4.78, 5) is 15.5. The third kappa shape index (κ3) is 2.38. The van der Waals surface area contributed by atoms with Crippen LogP contribution in [0.2, 0.25) is 5.15 Å². The molecule has 0 aliphatic heterocycles. The Kier molecular flexibility index (Phi) is 3.16. The van der Waals surface area contributed by atoms with Gasteiger partial charge >= 0.3 is 0 Å². The summed E-state index contributed by atoms with van der Waals surface area (Å²) >= 11 is 5.79. The molecule has 0 unspecified atom stereocenters. The highest BCUT2D eigenvalue weighted by atomic mass is 35.5. The molecule has 0 fully saturated rings. The van der Waals surface area contributed by atoms with E-state index < -0.39 is 0 Å². The second kappa shape index (κ2) is 4.76. The van der Waals surface area contributed by atoms with Gasteiger partial charge in [-0.1, -0.05) is 11.6 Å². The van der Waals surface area contributed by atoms with Gasteiger partial charge in [0.05, 0.1) is 17.8 Å². The van der Waals surface area contributed by atoms with Crippen LogP contribution >= 0.6 is 11.6 Å². The Morgan fingerprint density at radius 2 is 2.31 bits per heavy atom. The van der Waals surface area contributed by atoms with E-state index in [1.54, 1.807) is 24.4 Å². The molecule has 0 spiro atoms. The first-order valence-electron chi connectivity index (χ1n) is 4.64. The van der Waals surface area contributed by atoms with Crippen molar-refractivity contribution in [2.24, 2.45) is 0 Å². The number of pyridine rings is 1. The SMILES string of the molecule is O=C(NCc1ccn[nH]1)c1cccnc1Cl. The number of amides is 1. The lowest BCUT2D eigenvalue weighted by molar-refractivity contribution is 0.0950. The van der Waals surface area contributed by atoms with Gasteiger partial charge in [0.15, 0.2) is 0 Å². The monoisotopic (exact) mass is 236 g/mol. The van der Waals surface area contributed by atoms with Crippen LogP contribution in [0.5, 0.6) is 0 Å². The molecule has 0 aliphatic rings. The number of rotatable bonds is 3. The number of nitrogens with one attached hydrogen (secondary N) is 2. The number of hydrogen-bond donors (Lipinski definition) is 2. The van der Waals surface area contributed by atoms with Gasteiger partial charge in [-0.15, -0.1) is 0 Å². The highest BCUT2D eigenvalue weighted by Crippen LogP contribution is 2.11. The molecular weight excluding hydrogens is 228 g/mol. The maximum atomic E-state index is 11.7. The minimum Gasteiger partial charge on any atom is -0.346 e. The predicted octanol–water partition coefficient (Wildman–Crippen LogP) is 1.39. The largest absolute Gasteiger partial charge is 0.346 e. The minimum atomic E-state index is -0.257. The summed E-state index contributed by atoms with van der Waals surface area (Å²) in [6.45, 7) is 0.379. The number of aromatic amines is 1. The molecule has 2 rings (SSSR count). The molecule has 0 bridgehead atoms. The summed E-state index contributed by atoms with van der Waals surface area (Å²) in [6.07, 6.45) is 3.16. The van der Waals surface area contributed by atoms with Crippen molar-refractivity contribution in [3.8, 4) is 0 Å². The van der Waals surface area contributed by atoms with Gasteiger partial charge in [0, 0.05) is 12.4 Å². The Bertz CT molecular complexity index is 483. The normalized spacial score (nSPS) is 10.1. The fraction of sp³-hybridized carbons (Fsp3) is 0.100. The second-order valence-electron chi connectivity index (χ2n) is 3.11. The van der Waals surface area contributed by atoms with Crippen LogP contribution in [0.4, 0.5) is 0 Å². The minimum absolute atomic E-state index is 0.199. The molecule has 0 atom stereocenters. The van der Waals surface area contributed by atoms with Gasteiger partial charge in [-0.25, -0.2) is 4.98 Å². The van der Waals surface area contributed by atoms with E-state index in [-0.39, 0.29) is 11.1 Å². The zero-order chi connectivity index (χ0) is 11.4. The van der Waals surface area contributed by atoms with E-state index in [1.165, 1.54) is 6.20 Å². The fourth-order valence-electron chi connectivity index (χ4n) is 1.21. The van der Waals surface area contributed by atoms with Crippen LogP contribution in [0.25, 0.3) is 0 Å². The van der Waals surface area contributed by atoms with E-state index in [0.717, 1.165) is 5.69 Å². The Balaban J connectivity index is 2.01. The number of nitrogens with zero attached hydrogens (tertiary/aromatic N) is 2. The van der Waals surface area contributed by atoms with Gasteiger partial charge in [0.2, 0.25) is 0 Å². The van der Waals surface area contributed by atoms with Gasteiger partial charge in [0.25, 0.3) is 5.91 Å². The lowest BCUT2D eigenvalue weighted by Gasteiger charge is -2.04. The highest BCUT2D eigenvalue weighted by molar-refractivity contribution is 6.32. The third-order valence-electron chi connectivity index (χ3n) is 2.00. The van der Waals surface area contributed by atoms with Gasteiger partial charge in [-0.2, -0.15) is 5.10 Å². The van der Waals surface area contributed by atoms with Crippen molar-refractivity contribution in [3.63, 3.8) is 0 Å². The van der Waals surface area contributed by atoms with E-state index in [4.69, 9.17) is 11.6 Å². The maximum Gasteiger partial charge on any atom is 0.254 e. The van der Waals surface area contributed by atoms with E-state index in [0.29, 0.717) is 12.1 Å². The molecule has 0 aromatic carbocycles. The van der Waals surface area contributed by atoms with Crippen LogP contribution in [0.15, 0.2) is 30.6 Å². The molecule has 2 aromatic rings. The smallest absolute Gasteiger partial charge is 0.254 e. The summed E-state index contributed by atoms with van der Waals surface area (Å²) in [5.41, 5.74) is 1.19.